The molecule has 2 N–H and O–H groups in total. The molecule has 1 atom stereocenters. The fourth-order valence-electron chi connectivity index (χ4n) is 2.59. The Morgan fingerprint density at radius 3 is 2.76 bits per heavy atom. The molecular formula is C18H17FN2. The van der Waals surface area contributed by atoms with Crippen molar-refractivity contribution in [3.05, 3.63) is 77.2 Å². The van der Waals surface area contributed by atoms with Crippen molar-refractivity contribution in [2.45, 2.75) is 19.4 Å². The van der Waals surface area contributed by atoms with Crippen molar-refractivity contribution in [2.24, 2.45) is 5.73 Å². The highest BCUT2D eigenvalue weighted by atomic mass is 19.1. The molecule has 1 unspecified atom stereocenters. The fourth-order valence-corrected chi connectivity index (χ4v) is 2.59. The van der Waals surface area contributed by atoms with Gasteiger partial charge in [0, 0.05) is 17.6 Å². The summed E-state index contributed by atoms with van der Waals surface area (Å²) < 4.78 is 13.3. The largest absolute Gasteiger partial charge is 0.324 e. The number of nitrogens with two attached hydrogens (primary N) is 1. The monoisotopic (exact) mass is 280 g/mol. The van der Waals surface area contributed by atoms with Gasteiger partial charge in [-0.25, -0.2) is 4.39 Å². The van der Waals surface area contributed by atoms with Crippen LogP contribution >= 0.6 is 0 Å². The van der Waals surface area contributed by atoms with E-state index in [0.29, 0.717) is 12.0 Å². The normalized spacial score (nSPS) is 12.5. The molecule has 21 heavy (non-hydrogen) atoms. The zero-order valence-corrected chi connectivity index (χ0v) is 11.9. The lowest BCUT2D eigenvalue weighted by atomic mass is 9.96. The van der Waals surface area contributed by atoms with Crippen molar-refractivity contribution in [3.8, 4) is 0 Å². The summed E-state index contributed by atoms with van der Waals surface area (Å²) >= 11 is 0. The first-order valence-corrected chi connectivity index (χ1v) is 6.99. The lowest BCUT2D eigenvalue weighted by Crippen LogP contribution is -2.14. The number of para-hydroxylation sites is 1. The molecule has 0 fully saturated rings. The average molecular weight is 280 g/mol. The van der Waals surface area contributed by atoms with Gasteiger partial charge in [0.2, 0.25) is 0 Å². The molecule has 0 bridgehead atoms. The molecular weight excluding hydrogens is 263 g/mol. The standard InChI is InChI=1S/C18H17FN2/c1-12-10-14(6-7-16(12)19)17(20)11-13-8-9-21-18-5-3-2-4-15(13)18/h2-10,17H,11,20H2,1H3. The summed E-state index contributed by atoms with van der Waals surface area (Å²) in [5, 5.41) is 1.12. The van der Waals surface area contributed by atoms with Crippen LogP contribution in [0.2, 0.25) is 0 Å². The van der Waals surface area contributed by atoms with E-state index in [1.54, 1.807) is 19.2 Å². The Hall–Kier alpha value is -2.26. The molecule has 0 radical (unpaired) electrons. The second-order valence-corrected chi connectivity index (χ2v) is 5.31. The first kappa shape index (κ1) is 13.7. The van der Waals surface area contributed by atoms with Crippen LogP contribution < -0.4 is 5.73 Å². The van der Waals surface area contributed by atoms with Crippen molar-refractivity contribution in [2.75, 3.05) is 0 Å². The number of benzene rings is 2. The van der Waals surface area contributed by atoms with Crippen LogP contribution in [0.5, 0.6) is 0 Å². The summed E-state index contributed by atoms with van der Waals surface area (Å²) in [6, 6.07) is 14.9. The number of pyridine rings is 1. The van der Waals surface area contributed by atoms with Gasteiger partial charge in [-0.15, -0.1) is 0 Å². The molecule has 0 saturated heterocycles. The minimum Gasteiger partial charge on any atom is -0.324 e. The second kappa shape index (κ2) is 5.62. The van der Waals surface area contributed by atoms with Crippen LogP contribution in [0.15, 0.2) is 54.7 Å². The molecule has 2 nitrogen and oxygen atoms in total. The third kappa shape index (κ3) is 2.78. The van der Waals surface area contributed by atoms with E-state index in [4.69, 9.17) is 5.73 Å². The van der Waals surface area contributed by atoms with E-state index < -0.39 is 0 Å². The lowest BCUT2D eigenvalue weighted by Gasteiger charge is -2.14. The number of nitrogens with zero attached hydrogens (tertiary/aromatic N) is 1. The lowest BCUT2D eigenvalue weighted by molar-refractivity contribution is 0.615. The van der Waals surface area contributed by atoms with E-state index in [-0.39, 0.29) is 11.9 Å². The van der Waals surface area contributed by atoms with E-state index in [2.05, 4.69) is 11.1 Å². The Labute approximate surface area is 123 Å². The van der Waals surface area contributed by atoms with Crippen LogP contribution in [-0.4, -0.2) is 4.98 Å². The third-order valence-electron chi connectivity index (χ3n) is 3.79. The number of rotatable bonds is 3. The molecule has 0 aliphatic heterocycles. The number of hydrogen-bond acceptors (Lipinski definition) is 2. The number of fused-ring (bicyclic) bond motifs is 1. The fraction of sp³-hybridized carbons (Fsp3) is 0.167. The predicted molar refractivity (Wildman–Crippen MR) is 83.5 cm³/mol. The molecule has 1 heterocycles. The van der Waals surface area contributed by atoms with Gasteiger partial charge in [0.15, 0.2) is 0 Å². The van der Waals surface area contributed by atoms with Crippen LogP contribution in [0.1, 0.15) is 22.7 Å². The van der Waals surface area contributed by atoms with Gasteiger partial charge in [-0.3, -0.25) is 4.98 Å². The first-order chi connectivity index (χ1) is 10.1. The maximum Gasteiger partial charge on any atom is 0.126 e. The van der Waals surface area contributed by atoms with Crippen molar-refractivity contribution in [3.63, 3.8) is 0 Å². The van der Waals surface area contributed by atoms with Gasteiger partial charge in [0.05, 0.1) is 5.52 Å². The third-order valence-corrected chi connectivity index (χ3v) is 3.79. The second-order valence-electron chi connectivity index (χ2n) is 5.31. The van der Waals surface area contributed by atoms with E-state index in [1.807, 2.05) is 30.3 Å². The van der Waals surface area contributed by atoms with Crippen molar-refractivity contribution in [1.29, 1.82) is 0 Å². The van der Waals surface area contributed by atoms with Gasteiger partial charge in [0.25, 0.3) is 0 Å². The molecule has 3 aromatic rings. The molecule has 0 aliphatic rings. The number of hydrogen-bond donors (Lipinski definition) is 1. The molecule has 0 amide bonds. The number of aromatic nitrogens is 1. The number of aryl methyl sites for hydroxylation is 1. The molecule has 0 aliphatic carbocycles. The van der Waals surface area contributed by atoms with E-state index in [1.165, 1.54) is 6.07 Å². The smallest absolute Gasteiger partial charge is 0.126 e. The summed E-state index contributed by atoms with van der Waals surface area (Å²) in [7, 11) is 0. The van der Waals surface area contributed by atoms with Crippen LogP contribution in [-0.2, 0) is 6.42 Å². The first-order valence-electron chi connectivity index (χ1n) is 6.99. The Morgan fingerprint density at radius 2 is 1.95 bits per heavy atom. The van der Waals surface area contributed by atoms with Crippen molar-refractivity contribution < 1.29 is 4.39 Å². The topological polar surface area (TPSA) is 38.9 Å². The van der Waals surface area contributed by atoms with Gasteiger partial charge < -0.3 is 5.73 Å². The molecule has 3 heteroatoms. The Kier molecular flexibility index (Phi) is 3.67. The van der Waals surface area contributed by atoms with Gasteiger partial charge in [-0.05, 0) is 48.2 Å². The minimum absolute atomic E-state index is 0.157. The quantitative estimate of drug-likeness (QED) is 0.789. The van der Waals surface area contributed by atoms with Crippen LogP contribution in [0, 0.1) is 12.7 Å². The number of halogens is 1. The SMILES string of the molecule is Cc1cc(C(N)Cc2ccnc3ccccc23)ccc1F. The zero-order chi connectivity index (χ0) is 14.8. The maximum atomic E-state index is 13.3. The van der Waals surface area contributed by atoms with Gasteiger partial charge in [0.1, 0.15) is 5.82 Å². The Balaban J connectivity index is 1.92. The minimum atomic E-state index is -0.194. The Bertz CT molecular complexity index is 778. The van der Waals surface area contributed by atoms with E-state index >= 15 is 0 Å². The molecule has 1 aromatic heterocycles. The summed E-state index contributed by atoms with van der Waals surface area (Å²) in [5.41, 5.74) is 10.0. The van der Waals surface area contributed by atoms with Gasteiger partial charge in [-0.2, -0.15) is 0 Å². The zero-order valence-electron chi connectivity index (χ0n) is 11.9. The average Bonchev–Trinajstić information content (AvgIpc) is 2.50. The van der Waals surface area contributed by atoms with Crippen LogP contribution in [0.4, 0.5) is 4.39 Å². The molecule has 2 aromatic carbocycles. The molecule has 0 saturated carbocycles. The Morgan fingerprint density at radius 1 is 1.14 bits per heavy atom. The highest BCUT2D eigenvalue weighted by Crippen LogP contribution is 2.23. The summed E-state index contributed by atoms with van der Waals surface area (Å²) in [5.74, 6) is -0.194. The van der Waals surface area contributed by atoms with E-state index in [0.717, 1.165) is 22.0 Å². The summed E-state index contributed by atoms with van der Waals surface area (Å²) in [6.07, 6.45) is 2.51. The van der Waals surface area contributed by atoms with Crippen LogP contribution in [0.25, 0.3) is 10.9 Å². The van der Waals surface area contributed by atoms with Gasteiger partial charge in [-0.1, -0.05) is 30.3 Å². The summed E-state index contributed by atoms with van der Waals surface area (Å²) in [4.78, 5) is 4.36. The molecule has 0 spiro atoms. The van der Waals surface area contributed by atoms with Crippen molar-refractivity contribution >= 4 is 10.9 Å². The van der Waals surface area contributed by atoms with E-state index in [9.17, 15) is 4.39 Å². The van der Waals surface area contributed by atoms with Crippen molar-refractivity contribution in [1.82, 2.24) is 4.98 Å². The highest BCUT2D eigenvalue weighted by molar-refractivity contribution is 5.81. The van der Waals surface area contributed by atoms with Crippen LogP contribution in [0.3, 0.4) is 0 Å². The summed E-state index contributed by atoms with van der Waals surface area (Å²) in [6.45, 7) is 1.76. The molecule has 106 valence electrons. The van der Waals surface area contributed by atoms with Gasteiger partial charge >= 0.3 is 0 Å². The molecule has 3 rings (SSSR count). The maximum absolute atomic E-state index is 13.3. The highest BCUT2D eigenvalue weighted by Gasteiger charge is 2.11. The predicted octanol–water partition coefficient (Wildman–Crippen LogP) is 3.92.